The molecule has 4 bridgehead atoms. The summed E-state index contributed by atoms with van der Waals surface area (Å²) in [5, 5.41) is 3.15. The molecule has 5 heteroatoms. The minimum Gasteiger partial charge on any atom is -0.486 e. The highest BCUT2D eigenvalue weighted by Gasteiger charge is 2.60. The number of carbonyl (C=O) groups excluding carboxylic acids is 1. The van der Waals surface area contributed by atoms with Crippen molar-refractivity contribution in [3.63, 3.8) is 0 Å². The summed E-state index contributed by atoms with van der Waals surface area (Å²) in [6.07, 6.45) is 6.17. The van der Waals surface area contributed by atoms with Gasteiger partial charge in [-0.15, -0.1) is 11.6 Å². The summed E-state index contributed by atoms with van der Waals surface area (Å²) in [5.74, 6) is 2.96. The number of nitrogens with one attached hydrogen (secondary N) is 1. The van der Waals surface area contributed by atoms with Gasteiger partial charge in [-0.3, -0.25) is 4.79 Å². The Kier molecular flexibility index (Phi) is 3.50. The van der Waals surface area contributed by atoms with Gasteiger partial charge in [-0.05, 0) is 62.5 Å². The van der Waals surface area contributed by atoms with Crippen LogP contribution >= 0.6 is 11.6 Å². The van der Waals surface area contributed by atoms with Crippen molar-refractivity contribution in [3.05, 3.63) is 24.3 Å². The van der Waals surface area contributed by atoms with Crippen LogP contribution in [0.5, 0.6) is 11.5 Å². The molecule has 0 radical (unpaired) electrons. The van der Waals surface area contributed by atoms with E-state index >= 15 is 0 Å². The fraction of sp³-hybridized carbons (Fsp3) is 0.650. The largest absolute Gasteiger partial charge is 0.486 e. The lowest BCUT2D eigenvalue weighted by atomic mass is 9.49. The first kappa shape index (κ1) is 15.8. The van der Waals surface area contributed by atoms with Gasteiger partial charge in [0, 0.05) is 4.87 Å². The third-order valence-corrected chi connectivity index (χ3v) is 6.97. The quantitative estimate of drug-likeness (QED) is 0.838. The van der Waals surface area contributed by atoms with E-state index in [9.17, 15) is 4.79 Å². The lowest BCUT2D eigenvalue weighted by Crippen LogP contribution is -2.59. The minimum atomic E-state index is -0.251. The predicted octanol–water partition coefficient (Wildman–Crippen LogP) is 3.52. The summed E-state index contributed by atoms with van der Waals surface area (Å²) in [7, 11) is 0. The van der Waals surface area contributed by atoms with Gasteiger partial charge in [-0.2, -0.15) is 0 Å². The highest BCUT2D eigenvalue weighted by molar-refractivity contribution is 6.24. The van der Waals surface area contributed by atoms with Crippen molar-refractivity contribution in [2.45, 2.75) is 49.5 Å². The maximum atomic E-state index is 13.1. The van der Waals surface area contributed by atoms with Gasteiger partial charge in [0.1, 0.15) is 12.7 Å². The van der Waals surface area contributed by atoms with Gasteiger partial charge in [0.2, 0.25) is 5.91 Å². The minimum absolute atomic E-state index is 0.134. The zero-order chi connectivity index (χ0) is 17.1. The molecule has 4 fully saturated rings. The lowest BCUT2D eigenvalue weighted by molar-refractivity contribution is -0.145. The highest BCUT2D eigenvalue weighted by Crippen LogP contribution is 2.63. The fourth-order valence-corrected chi connectivity index (χ4v) is 6.67. The standard InChI is InChI=1S/C20H24ClNO3/c21-20-8-13-5-14(9-20)7-19(6-13,12-20)18(23)22-10-15-11-24-16-3-1-2-4-17(16)25-15/h1-4,13-15H,5-12H2,(H,22,23)/t13-,14-,15-,19?,20?/m1/s1. The third-order valence-electron chi connectivity index (χ3n) is 6.53. The summed E-state index contributed by atoms with van der Waals surface area (Å²) >= 11 is 6.84. The normalized spacial score (nSPS) is 40.8. The van der Waals surface area contributed by atoms with Crippen LogP contribution in [0.15, 0.2) is 24.3 Å². The first-order valence-corrected chi connectivity index (χ1v) is 9.77. The van der Waals surface area contributed by atoms with Crippen LogP contribution in [0.3, 0.4) is 0 Å². The Labute approximate surface area is 153 Å². The van der Waals surface area contributed by atoms with Gasteiger partial charge >= 0.3 is 0 Å². The first-order chi connectivity index (χ1) is 12.0. The number of carbonyl (C=O) groups is 1. The maximum absolute atomic E-state index is 13.1. The Balaban J connectivity index is 1.24. The van der Waals surface area contributed by atoms with E-state index in [2.05, 4.69) is 5.32 Å². The monoisotopic (exact) mass is 361 g/mol. The van der Waals surface area contributed by atoms with Gasteiger partial charge in [0.05, 0.1) is 12.0 Å². The molecule has 1 aliphatic heterocycles. The molecule has 1 amide bonds. The van der Waals surface area contributed by atoms with Crippen molar-refractivity contribution in [2.75, 3.05) is 13.2 Å². The van der Waals surface area contributed by atoms with Gasteiger partial charge in [0.15, 0.2) is 11.5 Å². The van der Waals surface area contributed by atoms with E-state index < -0.39 is 0 Å². The smallest absolute Gasteiger partial charge is 0.226 e. The summed E-state index contributed by atoms with van der Waals surface area (Å²) in [5.41, 5.74) is -0.251. The molecule has 1 aromatic carbocycles. The third kappa shape index (κ3) is 2.69. The van der Waals surface area contributed by atoms with Crippen molar-refractivity contribution in [1.82, 2.24) is 5.32 Å². The molecule has 25 heavy (non-hydrogen) atoms. The number of benzene rings is 1. The van der Waals surface area contributed by atoms with Gasteiger partial charge in [-0.1, -0.05) is 12.1 Å². The maximum Gasteiger partial charge on any atom is 0.226 e. The first-order valence-electron chi connectivity index (χ1n) is 9.39. The second-order valence-corrected chi connectivity index (χ2v) is 9.40. The Morgan fingerprint density at radius 2 is 1.88 bits per heavy atom. The molecule has 6 rings (SSSR count). The Bertz CT molecular complexity index is 692. The second kappa shape index (κ2) is 5.54. The van der Waals surface area contributed by atoms with Gasteiger partial charge in [-0.25, -0.2) is 0 Å². The molecular weight excluding hydrogens is 338 g/mol. The van der Waals surface area contributed by atoms with Gasteiger partial charge in [0.25, 0.3) is 0 Å². The van der Waals surface area contributed by atoms with Crippen LogP contribution in [0.25, 0.3) is 0 Å². The number of rotatable bonds is 3. The predicted molar refractivity (Wildman–Crippen MR) is 95.1 cm³/mol. The van der Waals surface area contributed by atoms with Crippen LogP contribution in [-0.4, -0.2) is 30.0 Å². The number of para-hydroxylation sites is 2. The molecule has 4 aliphatic carbocycles. The van der Waals surface area contributed by atoms with Crippen molar-refractivity contribution in [1.29, 1.82) is 0 Å². The van der Waals surface area contributed by atoms with Crippen LogP contribution in [-0.2, 0) is 4.79 Å². The fourth-order valence-electron chi connectivity index (χ4n) is 5.97. The molecule has 1 heterocycles. The summed E-state index contributed by atoms with van der Waals surface area (Å²) in [6, 6.07) is 7.66. The van der Waals surface area contributed by atoms with Crippen LogP contribution in [0, 0.1) is 17.3 Å². The van der Waals surface area contributed by atoms with E-state index in [1.54, 1.807) is 0 Å². The zero-order valence-corrected chi connectivity index (χ0v) is 15.1. The van der Waals surface area contributed by atoms with E-state index in [1.807, 2.05) is 24.3 Å². The van der Waals surface area contributed by atoms with Crippen molar-refractivity contribution in [3.8, 4) is 11.5 Å². The van der Waals surface area contributed by atoms with Crippen molar-refractivity contribution >= 4 is 17.5 Å². The molecule has 3 atom stereocenters. The van der Waals surface area contributed by atoms with E-state index in [4.69, 9.17) is 21.1 Å². The lowest BCUT2D eigenvalue weighted by Gasteiger charge is -2.59. The van der Waals surface area contributed by atoms with E-state index in [1.165, 1.54) is 6.42 Å². The molecule has 0 spiro atoms. The van der Waals surface area contributed by atoms with Crippen molar-refractivity contribution < 1.29 is 14.3 Å². The van der Waals surface area contributed by atoms with Crippen LogP contribution in [0.1, 0.15) is 38.5 Å². The number of hydrogen-bond acceptors (Lipinski definition) is 3. The topological polar surface area (TPSA) is 47.6 Å². The average molecular weight is 362 g/mol. The molecule has 0 aromatic heterocycles. The summed E-state index contributed by atoms with van der Waals surface area (Å²) in [4.78, 5) is 12.9. The van der Waals surface area contributed by atoms with E-state index in [0.717, 1.165) is 43.6 Å². The zero-order valence-electron chi connectivity index (χ0n) is 14.3. The Morgan fingerprint density at radius 3 is 2.60 bits per heavy atom. The average Bonchev–Trinajstić information content (AvgIpc) is 2.57. The number of alkyl halides is 1. The van der Waals surface area contributed by atoms with E-state index in [0.29, 0.717) is 25.0 Å². The summed E-state index contributed by atoms with van der Waals surface area (Å²) in [6.45, 7) is 0.953. The Hall–Kier alpha value is -1.42. The SMILES string of the molecule is O=C(NC[C@@H]1COc2ccccc2O1)C12C[C@H]3C[C@@H](CC(Cl)(C3)C1)C2. The van der Waals surface area contributed by atoms with Crippen LogP contribution in [0.2, 0.25) is 0 Å². The molecule has 1 aromatic rings. The van der Waals surface area contributed by atoms with Crippen LogP contribution < -0.4 is 14.8 Å². The Morgan fingerprint density at radius 1 is 1.16 bits per heavy atom. The van der Waals surface area contributed by atoms with Gasteiger partial charge < -0.3 is 14.8 Å². The van der Waals surface area contributed by atoms with Crippen LogP contribution in [0.4, 0.5) is 0 Å². The number of amides is 1. The summed E-state index contributed by atoms with van der Waals surface area (Å²) < 4.78 is 11.7. The van der Waals surface area contributed by atoms with Crippen molar-refractivity contribution in [2.24, 2.45) is 17.3 Å². The molecule has 1 N–H and O–H groups in total. The molecule has 0 saturated heterocycles. The second-order valence-electron chi connectivity index (χ2n) is 8.60. The number of ether oxygens (including phenoxy) is 2. The molecule has 0 unspecified atom stereocenters. The molecule has 134 valence electrons. The highest BCUT2D eigenvalue weighted by atomic mass is 35.5. The number of halogens is 1. The van der Waals surface area contributed by atoms with E-state index in [-0.39, 0.29) is 22.3 Å². The number of hydrogen-bond donors (Lipinski definition) is 1. The molecule has 4 saturated carbocycles. The number of fused-ring (bicyclic) bond motifs is 1. The molecule has 5 aliphatic rings. The molecule has 4 nitrogen and oxygen atoms in total. The molecular formula is C20H24ClNO3.